The Balaban J connectivity index is 1.34. The molecule has 0 radical (unpaired) electrons. The van der Waals surface area contributed by atoms with Crippen LogP contribution in [0.15, 0.2) is 29.5 Å². The SMILES string of the molecule is COc1ccc(C2NCCc3[nH]cnc32)cc1CSC1=NC2CCCCC2N1. The molecule has 1 aromatic heterocycles. The first-order valence-corrected chi connectivity index (χ1v) is 11.2. The molecule has 7 heteroatoms. The Morgan fingerprint density at radius 1 is 1.25 bits per heavy atom. The molecule has 1 aromatic carbocycles. The Morgan fingerprint density at radius 3 is 3.07 bits per heavy atom. The van der Waals surface area contributed by atoms with E-state index in [0.29, 0.717) is 12.1 Å². The summed E-state index contributed by atoms with van der Waals surface area (Å²) < 4.78 is 5.64. The molecule has 6 nitrogen and oxygen atoms in total. The maximum Gasteiger partial charge on any atom is 0.157 e. The van der Waals surface area contributed by atoms with Crippen molar-refractivity contribution >= 4 is 16.9 Å². The van der Waals surface area contributed by atoms with Gasteiger partial charge in [-0.15, -0.1) is 0 Å². The van der Waals surface area contributed by atoms with Crippen molar-refractivity contribution in [1.82, 2.24) is 20.6 Å². The monoisotopic (exact) mass is 397 g/mol. The summed E-state index contributed by atoms with van der Waals surface area (Å²) in [6.07, 6.45) is 7.90. The van der Waals surface area contributed by atoms with E-state index in [1.165, 1.54) is 42.5 Å². The molecule has 28 heavy (non-hydrogen) atoms. The number of nitrogens with one attached hydrogen (secondary N) is 3. The number of methoxy groups -OCH3 is 1. The van der Waals surface area contributed by atoms with Crippen LogP contribution in [0.4, 0.5) is 0 Å². The van der Waals surface area contributed by atoms with Crippen LogP contribution in [0.2, 0.25) is 0 Å². The third kappa shape index (κ3) is 3.42. The van der Waals surface area contributed by atoms with Crippen LogP contribution in [0.25, 0.3) is 0 Å². The largest absolute Gasteiger partial charge is 0.496 e. The Morgan fingerprint density at radius 2 is 2.18 bits per heavy atom. The number of fused-ring (bicyclic) bond motifs is 2. The molecule has 0 amide bonds. The number of aromatic amines is 1. The van der Waals surface area contributed by atoms with E-state index in [9.17, 15) is 0 Å². The summed E-state index contributed by atoms with van der Waals surface area (Å²) >= 11 is 1.79. The van der Waals surface area contributed by atoms with Crippen molar-refractivity contribution in [3.05, 3.63) is 47.0 Å². The van der Waals surface area contributed by atoms with E-state index >= 15 is 0 Å². The van der Waals surface area contributed by atoms with E-state index < -0.39 is 0 Å². The van der Waals surface area contributed by atoms with Crippen LogP contribution in [-0.2, 0) is 12.2 Å². The van der Waals surface area contributed by atoms with Crippen LogP contribution in [0.5, 0.6) is 5.75 Å². The molecule has 0 saturated heterocycles. The molecular formula is C21H27N5OS. The fourth-order valence-corrected chi connectivity index (χ4v) is 5.55. The highest BCUT2D eigenvalue weighted by molar-refractivity contribution is 8.13. The third-order valence-corrected chi connectivity index (χ3v) is 7.02. The smallest absolute Gasteiger partial charge is 0.157 e. The van der Waals surface area contributed by atoms with Gasteiger partial charge in [0.15, 0.2) is 5.17 Å². The summed E-state index contributed by atoms with van der Waals surface area (Å²) in [5.41, 5.74) is 4.79. The van der Waals surface area contributed by atoms with Crippen molar-refractivity contribution in [3.63, 3.8) is 0 Å². The number of rotatable bonds is 4. The van der Waals surface area contributed by atoms with Crippen molar-refractivity contribution in [2.75, 3.05) is 13.7 Å². The standard InChI is InChI=1S/C21H27N5OS/c1-27-18-7-6-13(19-20-17(8-9-22-19)23-12-24-20)10-14(18)11-28-21-25-15-4-2-3-5-16(15)26-21/h6-7,10,12,15-16,19,22H,2-5,8-9,11H2,1H3,(H,23,24)(H,25,26). The van der Waals surface area contributed by atoms with Crippen LogP contribution >= 0.6 is 11.8 Å². The van der Waals surface area contributed by atoms with Crippen molar-refractivity contribution in [2.24, 2.45) is 4.99 Å². The summed E-state index contributed by atoms with van der Waals surface area (Å²) in [6, 6.07) is 7.65. The van der Waals surface area contributed by atoms with Gasteiger partial charge >= 0.3 is 0 Å². The Hall–Kier alpha value is -1.99. The predicted octanol–water partition coefficient (Wildman–Crippen LogP) is 3.16. The number of imidazole rings is 1. The van der Waals surface area contributed by atoms with Gasteiger partial charge < -0.3 is 20.4 Å². The average molecular weight is 398 g/mol. The zero-order valence-electron chi connectivity index (χ0n) is 16.2. The predicted molar refractivity (Wildman–Crippen MR) is 113 cm³/mol. The lowest BCUT2D eigenvalue weighted by atomic mass is 9.92. The number of aromatic nitrogens is 2. The maximum atomic E-state index is 5.64. The molecule has 0 bridgehead atoms. The molecular weight excluding hydrogens is 370 g/mol. The minimum atomic E-state index is 0.134. The van der Waals surface area contributed by atoms with Gasteiger partial charge in [-0.05, 0) is 30.5 Å². The quantitative estimate of drug-likeness (QED) is 0.739. The first-order valence-electron chi connectivity index (χ1n) is 10.2. The van der Waals surface area contributed by atoms with Gasteiger partial charge in [-0.3, -0.25) is 4.99 Å². The molecule has 3 unspecified atom stereocenters. The average Bonchev–Trinajstić information content (AvgIpc) is 3.38. The van der Waals surface area contributed by atoms with Crippen LogP contribution in [0.3, 0.4) is 0 Å². The molecule has 148 valence electrons. The zero-order chi connectivity index (χ0) is 18.9. The van der Waals surface area contributed by atoms with Gasteiger partial charge in [0, 0.05) is 30.0 Å². The van der Waals surface area contributed by atoms with Gasteiger partial charge in [-0.25, -0.2) is 4.98 Å². The molecule has 1 aliphatic carbocycles. The number of aliphatic imine (C=N–C) groups is 1. The highest BCUT2D eigenvalue weighted by atomic mass is 32.2. The van der Waals surface area contributed by atoms with Crippen molar-refractivity contribution in [3.8, 4) is 5.75 Å². The number of hydrogen-bond donors (Lipinski definition) is 3. The second-order valence-electron chi connectivity index (χ2n) is 7.80. The van der Waals surface area contributed by atoms with Crippen molar-refractivity contribution in [1.29, 1.82) is 0 Å². The second-order valence-corrected chi connectivity index (χ2v) is 8.76. The fourth-order valence-electron chi connectivity index (χ4n) is 4.59. The van der Waals surface area contributed by atoms with E-state index in [1.54, 1.807) is 25.2 Å². The molecule has 3 atom stereocenters. The number of nitrogens with zero attached hydrogens (tertiary/aromatic N) is 2. The summed E-state index contributed by atoms with van der Waals surface area (Å²) in [5.74, 6) is 1.79. The minimum absolute atomic E-state index is 0.134. The molecule has 1 fully saturated rings. The lowest BCUT2D eigenvalue weighted by Crippen LogP contribution is -2.36. The van der Waals surface area contributed by atoms with Crippen LogP contribution in [0, 0.1) is 0 Å². The Bertz CT molecular complexity index is 879. The summed E-state index contributed by atoms with van der Waals surface area (Å²) in [4.78, 5) is 12.7. The fraction of sp³-hybridized carbons (Fsp3) is 0.524. The van der Waals surface area contributed by atoms with Gasteiger partial charge in [0.25, 0.3) is 0 Å². The summed E-state index contributed by atoms with van der Waals surface area (Å²) in [7, 11) is 1.74. The first kappa shape index (κ1) is 18.1. The van der Waals surface area contributed by atoms with Gasteiger partial charge in [0.2, 0.25) is 0 Å². The van der Waals surface area contributed by atoms with E-state index in [-0.39, 0.29) is 6.04 Å². The number of ether oxygens (including phenoxy) is 1. The maximum absolute atomic E-state index is 5.64. The molecule has 3 heterocycles. The highest BCUT2D eigenvalue weighted by Crippen LogP contribution is 2.33. The number of H-pyrrole nitrogens is 1. The molecule has 2 aromatic rings. The van der Waals surface area contributed by atoms with E-state index in [2.05, 4.69) is 38.8 Å². The first-order chi connectivity index (χ1) is 13.8. The lowest BCUT2D eigenvalue weighted by molar-refractivity contribution is 0.385. The van der Waals surface area contributed by atoms with E-state index in [0.717, 1.165) is 35.3 Å². The number of benzene rings is 1. The minimum Gasteiger partial charge on any atom is -0.496 e. The van der Waals surface area contributed by atoms with Crippen molar-refractivity contribution in [2.45, 2.75) is 56.0 Å². The third-order valence-electron chi connectivity index (χ3n) is 6.07. The molecule has 3 N–H and O–H groups in total. The van der Waals surface area contributed by atoms with Crippen molar-refractivity contribution < 1.29 is 4.74 Å². The van der Waals surface area contributed by atoms with Gasteiger partial charge in [-0.1, -0.05) is 30.7 Å². The number of thioether (sulfide) groups is 1. The van der Waals surface area contributed by atoms with Crippen LogP contribution in [-0.4, -0.2) is 40.9 Å². The van der Waals surface area contributed by atoms with Gasteiger partial charge in [0.05, 0.1) is 37.3 Å². The summed E-state index contributed by atoms with van der Waals surface area (Å²) in [5, 5.41) is 8.33. The molecule has 2 aliphatic heterocycles. The normalized spacial score (nSPS) is 26.2. The van der Waals surface area contributed by atoms with E-state index in [4.69, 9.17) is 9.73 Å². The number of amidine groups is 1. The topological polar surface area (TPSA) is 74.3 Å². The van der Waals surface area contributed by atoms with Crippen LogP contribution in [0.1, 0.15) is 54.2 Å². The van der Waals surface area contributed by atoms with E-state index in [1.807, 2.05) is 0 Å². The molecule has 3 aliphatic rings. The molecule has 0 spiro atoms. The Kier molecular flexibility index (Phi) is 5.03. The lowest BCUT2D eigenvalue weighted by Gasteiger charge is -2.24. The summed E-state index contributed by atoms with van der Waals surface area (Å²) in [6.45, 7) is 0.958. The molecule has 5 rings (SSSR count). The van der Waals surface area contributed by atoms with Crippen LogP contribution < -0.4 is 15.4 Å². The van der Waals surface area contributed by atoms with Gasteiger partial charge in [-0.2, -0.15) is 0 Å². The molecule has 1 saturated carbocycles. The zero-order valence-corrected chi connectivity index (χ0v) is 17.0. The highest BCUT2D eigenvalue weighted by Gasteiger charge is 2.31. The Labute approximate surface area is 170 Å². The number of hydrogen-bond acceptors (Lipinski definition) is 6. The second kappa shape index (κ2) is 7.79. The van der Waals surface area contributed by atoms with Gasteiger partial charge in [0.1, 0.15) is 5.75 Å².